The van der Waals surface area contributed by atoms with Crippen molar-refractivity contribution >= 4 is 17.9 Å². The average molecular weight is 1050 g/mol. The van der Waals surface area contributed by atoms with E-state index >= 15 is 0 Å². The summed E-state index contributed by atoms with van der Waals surface area (Å²) in [6, 6.07) is 0. The van der Waals surface area contributed by atoms with Crippen LogP contribution >= 0.6 is 0 Å². The van der Waals surface area contributed by atoms with Crippen LogP contribution < -0.4 is 0 Å². The molecule has 0 aliphatic rings. The number of esters is 3. The highest BCUT2D eigenvalue weighted by atomic mass is 16.6. The molecule has 6 heteroatoms. The summed E-state index contributed by atoms with van der Waals surface area (Å²) in [5.74, 6) is -0.887. The second-order valence-corrected chi connectivity index (χ2v) is 21.7. The van der Waals surface area contributed by atoms with Crippen molar-refractivity contribution in [3.05, 3.63) is 72.9 Å². The van der Waals surface area contributed by atoms with Gasteiger partial charge in [0.15, 0.2) is 6.10 Å². The zero-order chi connectivity index (χ0) is 54.3. The molecular formula is C69H122O6. The van der Waals surface area contributed by atoms with Crippen LogP contribution in [0.25, 0.3) is 0 Å². The molecule has 0 bridgehead atoms. The highest BCUT2D eigenvalue weighted by molar-refractivity contribution is 5.71. The number of hydrogen-bond acceptors (Lipinski definition) is 6. The summed E-state index contributed by atoms with van der Waals surface area (Å²) in [5.41, 5.74) is 0. The fourth-order valence-electron chi connectivity index (χ4n) is 9.25. The van der Waals surface area contributed by atoms with E-state index < -0.39 is 6.10 Å². The molecule has 0 aromatic carbocycles. The number of allylic oxidation sites excluding steroid dienone is 12. The molecule has 0 fully saturated rings. The van der Waals surface area contributed by atoms with E-state index in [9.17, 15) is 14.4 Å². The van der Waals surface area contributed by atoms with Gasteiger partial charge in [0.25, 0.3) is 0 Å². The Morgan fingerprint density at radius 3 is 0.827 bits per heavy atom. The van der Waals surface area contributed by atoms with Gasteiger partial charge in [0.2, 0.25) is 0 Å². The number of hydrogen-bond donors (Lipinski definition) is 0. The molecule has 0 saturated heterocycles. The Morgan fingerprint density at radius 1 is 0.267 bits per heavy atom. The predicted octanol–water partition coefficient (Wildman–Crippen LogP) is 22.1. The average Bonchev–Trinajstić information content (AvgIpc) is 3.41. The quantitative estimate of drug-likeness (QED) is 0.0261. The molecule has 434 valence electrons. The minimum Gasteiger partial charge on any atom is -0.462 e. The molecule has 75 heavy (non-hydrogen) atoms. The highest BCUT2D eigenvalue weighted by Gasteiger charge is 2.19. The van der Waals surface area contributed by atoms with Crippen molar-refractivity contribution in [3.8, 4) is 0 Å². The molecule has 0 aliphatic heterocycles. The molecule has 1 unspecified atom stereocenters. The SMILES string of the molecule is CCC/C=C\CCCCCCCC(=O)OCC(COC(=O)CCCCCCCCCCCCCCCC/C=C\C/C=C\C/C=C\CCCCCCC)OC(=O)CCCCCCCCC/C=C\C/C=C\CCCCCC. The largest absolute Gasteiger partial charge is 0.462 e. The highest BCUT2D eigenvalue weighted by Crippen LogP contribution is 2.16. The van der Waals surface area contributed by atoms with Gasteiger partial charge in [-0.25, -0.2) is 0 Å². The van der Waals surface area contributed by atoms with E-state index in [-0.39, 0.29) is 31.1 Å². The summed E-state index contributed by atoms with van der Waals surface area (Å²) in [7, 11) is 0. The number of carbonyl (C=O) groups excluding carboxylic acids is 3. The molecule has 0 aromatic rings. The molecule has 0 spiro atoms. The van der Waals surface area contributed by atoms with Gasteiger partial charge >= 0.3 is 17.9 Å². The Kier molecular flexibility index (Phi) is 60.7. The van der Waals surface area contributed by atoms with Gasteiger partial charge in [-0.3, -0.25) is 14.4 Å². The zero-order valence-electron chi connectivity index (χ0n) is 49.8. The first-order chi connectivity index (χ1) is 37.0. The maximum absolute atomic E-state index is 12.9. The Hall–Kier alpha value is -3.15. The Morgan fingerprint density at radius 2 is 0.507 bits per heavy atom. The predicted molar refractivity (Wildman–Crippen MR) is 325 cm³/mol. The van der Waals surface area contributed by atoms with Crippen LogP contribution in [0.5, 0.6) is 0 Å². The first kappa shape index (κ1) is 71.8. The molecule has 6 nitrogen and oxygen atoms in total. The summed E-state index contributed by atoms with van der Waals surface area (Å²) in [4.78, 5) is 38.2. The third kappa shape index (κ3) is 61.6. The van der Waals surface area contributed by atoms with Gasteiger partial charge in [0.1, 0.15) is 13.2 Å². The van der Waals surface area contributed by atoms with Gasteiger partial charge < -0.3 is 14.2 Å². The van der Waals surface area contributed by atoms with Crippen LogP contribution in [0.15, 0.2) is 72.9 Å². The second kappa shape index (κ2) is 63.4. The third-order valence-electron chi connectivity index (χ3n) is 14.1. The summed E-state index contributed by atoms with van der Waals surface area (Å²) in [6.07, 6.45) is 82.1. The standard InChI is InChI=1S/C69H122O6/c1-4-7-10-13-16-19-22-24-26-28-30-31-32-33-34-35-36-37-38-39-40-42-43-45-47-50-53-56-59-62-68(71)74-65-66(64-73-67(70)61-58-55-52-49-21-18-15-12-9-6-3)75-69(72)63-60-57-54-51-48-46-44-41-29-27-25-23-20-17-14-11-8-5-2/h12,15,20,22-24,27-30,32-33,66H,4-11,13-14,16-19,21,25-26,31,34-65H2,1-3H3/b15-12-,23-20-,24-22-,29-27-,30-28-,33-32-. The molecule has 0 amide bonds. The summed E-state index contributed by atoms with van der Waals surface area (Å²) in [6.45, 7) is 6.57. The lowest BCUT2D eigenvalue weighted by Gasteiger charge is -2.18. The molecule has 1 atom stereocenters. The number of carbonyl (C=O) groups is 3. The first-order valence-electron chi connectivity index (χ1n) is 32.4. The monoisotopic (exact) mass is 1050 g/mol. The summed E-state index contributed by atoms with van der Waals surface area (Å²) < 4.78 is 16.9. The van der Waals surface area contributed by atoms with E-state index in [1.54, 1.807) is 0 Å². The van der Waals surface area contributed by atoms with Crippen LogP contribution in [0, 0.1) is 0 Å². The van der Waals surface area contributed by atoms with Gasteiger partial charge in [-0.15, -0.1) is 0 Å². The normalized spacial score (nSPS) is 12.5. The molecule has 0 rings (SSSR count). The molecule has 0 radical (unpaired) electrons. The van der Waals surface area contributed by atoms with E-state index in [0.717, 1.165) is 96.3 Å². The fourth-order valence-corrected chi connectivity index (χ4v) is 9.25. The lowest BCUT2D eigenvalue weighted by molar-refractivity contribution is -0.167. The summed E-state index contributed by atoms with van der Waals surface area (Å²) in [5, 5.41) is 0. The lowest BCUT2D eigenvalue weighted by atomic mass is 10.0. The first-order valence-corrected chi connectivity index (χ1v) is 32.4. The fraction of sp³-hybridized carbons (Fsp3) is 0.783. The van der Waals surface area contributed by atoms with Crippen LogP contribution in [0.2, 0.25) is 0 Å². The van der Waals surface area contributed by atoms with Gasteiger partial charge in [0.05, 0.1) is 0 Å². The maximum Gasteiger partial charge on any atom is 0.306 e. The maximum atomic E-state index is 12.9. The van der Waals surface area contributed by atoms with Gasteiger partial charge in [-0.05, 0) is 109 Å². The number of unbranched alkanes of at least 4 members (excludes halogenated alkanes) is 36. The van der Waals surface area contributed by atoms with Crippen LogP contribution in [0.4, 0.5) is 0 Å². The number of ether oxygens (including phenoxy) is 3. The van der Waals surface area contributed by atoms with Crippen molar-refractivity contribution in [2.45, 2.75) is 335 Å². The van der Waals surface area contributed by atoms with E-state index in [0.29, 0.717) is 19.3 Å². The van der Waals surface area contributed by atoms with Gasteiger partial charge in [-0.1, -0.05) is 273 Å². The molecule has 0 aromatic heterocycles. The van der Waals surface area contributed by atoms with Crippen LogP contribution in [-0.4, -0.2) is 37.2 Å². The van der Waals surface area contributed by atoms with Crippen LogP contribution in [-0.2, 0) is 28.6 Å². The molecule has 0 aliphatic carbocycles. The number of rotatable bonds is 59. The van der Waals surface area contributed by atoms with Crippen LogP contribution in [0.1, 0.15) is 329 Å². The Bertz CT molecular complexity index is 1390. The minimum absolute atomic E-state index is 0.0799. The Labute approximate surface area is 465 Å². The third-order valence-corrected chi connectivity index (χ3v) is 14.1. The molecule has 0 N–H and O–H groups in total. The van der Waals surface area contributed by atoms with E-state index in [2.05, 4.69) is 93.7 Å². The topological polar surface area (TPSA) is 78.9 Å². The van der Waals surface area contributed by atoms with Gasteiger partial charge in [0, 0.05) is 19.3 Å². The van der Waals surface area contributed by atoms with Gasteiger partial charge in [-0.2, -0.15) is 0 Å². The minimum atomic E-state index is -0.783. The van der Waals surface area contributed by atoms with E-state index in [4.69, 9.17) is 14.2 Å². The molecular weight excluding hydrogens is 925 g/mol. The molecule has 0 saturated carbocycles. The van der Waals surface area contributed by atoms with Crippen molar-refractivity contribution in [1.82, 2.24) is 0 Å². The lowest BCUT2D eigenvalue weighted by Crippen LogP contribution is -2.30. The van der Waals surface area contributed by atoms with Crippen molar-refractivity contribution in [1.29, 1.82) is 0 Å². The van der Waals surface area contributed by atoms with Crippen molar-refractivity contribution in [2.75, 3.05) is 13.2 Å². The second-order valence-electron chi connectivity index (χ2n) is 21.7. The Balaban J connectivity index is 4.18. The molecule has 0 heterocycles. The zero-order valence-corrected chi connectivity index (χ0v) is 49.8. The van der Waals surface area contributed by atoms with Crippen molar-refractivity contribution < 1.29 is 28.6 Å². The van der Waals surface area contributed by atoms with E-state index in [1.807, 2.05) is 0 Å². The van der Waals surface area contributed by atoms with E-state index in [1.165, 1.54) is 193 Å². The van der Waals surface area contributed by atoms with Crippen molar-refractivity contribution in [2.24, 2.45) is 0 Å². The van der Waals surface area contributed by atoms with Crippen LogP contribution in [0.3, 0.4) is 0 Å². The van der Waals surface area contributed by atoms with Crippen molar-refractivity contribution in [3.63, 3.8) is 0 Å². The smallest absolute Gasteiger partial charge is 0.306 e. The summed E-state index contributed by atoms with van der Waals surface area (Å²) >= 11 is 0.